The van der Waals surface area contributed by atoms with E-state index < -0.39 is 11.7 Å². The van der Waals surface area contributed by atoms with E-state index >= 15 is 0 Å². The summed E-state index contributed by atoms with van der Waals surface area (Å²) in [5.74, 6) is 0.483. The highest BCUT2D eigenvalue weighted by Crippen LogP contribution is 2.27. The quantitative estimate of drug-likeness (QED) is 0.552. The van der Waals surface area contributed by atoms with Gasteiger partial charge in [-0.1, -0.05) is 30.9 Å². The van der Waals surface area contributed by atoms with Gasteiger partial charge in [0.15, 0.2) is 5.56 Å². The van der Waals surface area contributed by atoms with Crippen LogP contribution in [0.2, 0.25) is 0 Å². The van der Waals surface area contributed by atoms with Crippen molar-refractivity contribution in [2.75, 3.05) is 0 Å². The third-order valence-electron chi connectivity index (χ3n) is 2.85. The van der Waals surface area contributed by atoms with Crippen LogP contribution in [0.15, 0.2) is 0 Å². The summed E-state index contributed by atoms with van der Waals surface area (Å²) in [6, 6.07) is 0. The standard InChI is InChI=1S/C11H19ClO3/c1-8(10-6-4-3-5-7-10)14-11(13)15-9(2)12/h8-10H,3-7H2,1-2H3. The first-order valence-corrected chi connectivity index (χ1v) is 6.04. The Kier molecular flexibility index (Phi) is 5.23. The van der Waals surface area contributed by atoms with Crippen molar-refractivity contribution >= 4 is 17.8 Å². The van der Waals surface area contributed by atoms with Gasteiger partial charge in [0.1, 0.15) is 6.10 Å². The van der Waals surface area contributed by atoms with E-state index in [9.17, 15) is 4.79 Å². The SMILES string of the molecule is CC(Cl)OC(=O)OC(C)C1CCCCC1. The number of carbonyl (C=O) groups excluding carboxylic acids is 1. The lowest BCUT2D eigenvalue weighted by molar-refractivity contribution is -0.000863. The number of hydrogen-bond donors (Lipinski definition) is 0. The fourth-order valence-electron chi connectivity index (χ4n) is 2.01. The van der Waals surface area contributed by atoms with Gasteiger partial charge in [0.25, 0.3) is 0 Å². The van der Waals surface area contributed by atoms with Gasteiger partial charge in [-0.15, -0.1) is 0 Å². The van der Waals surface area contributed by atoms with E-state index in [0.717, 1.165) is 12.8 Å². The Hall–Kier alpha value is -0.440. The van der Waals surface area contributed by atoms with Crippen molar-refractivity contribution in [1.29, 1.82) is 0 Å². The minimum atomic E-state index is -0.657. The molecule has 0 bridgehead atoms. The first-order valence-electron chi connectivity index (χ1n) is 5.61. The zero-order valence-corrected chi connectivity index (χ0v) is 10.1. The minimum absolute atomic E-state index is 0.0618. The van der Waals surface area contributed by atoms with E-state index in [2.05, 4.69) is 0 Å². The molecule has 0 aromatic rings. The molecule has 0 aromatic heterocycles. The second-order valence-corrected chi connectivity index (χ2v) is 4.75. The number of carbonyl (C=O) groups is 1. The fraction of sp³-hybridized carbons (Fsp3) is 0.909. The lowest BCUT2D eigenvalue weighted by Crippen LogP contribution is -2.27. The second kappa shape index (κ2) is 6.21. The predicted molar refractivity (Wildman–Crippen MR) is 58.9 cm³/mol. The Morgan fingerprint density at radius 2 is 1.80 bits per heavy atom. The number of alkyl halides is 1. The number of rotatable bonds is 3. The number of halogens is 1. The molecule has 1 aliphatic rings. The Labute approximate surface area is 96.1 Å². The normalized spacial score (nSPS) is 21.8. The predicted octanol–water partition coefficient (Wildman–Crippen LogP) is 3.69. The first kappa shape index (κ1) is 12.6. The molecule has 1 rings (SSSR count). The van der Waals surface area contributed by atoms with Crippen LogP contribution in [-0.2, 0) is 9.47 Å². The summed E-state index contributed by atoms with van der Waals surface area (Å²) in [5, 5.41) is 0. The largest absolute Gasteiger partial charge is 0.510 e. The molecule has 0 aliphatic heterocycles. The van der Waals surface area contributed by atoms with Crippen molar-refractivity contribution in [2.24, 2.45) is 5.92 Å². The molecular formula is C11H19ClO3. The molecule has 0 radical (unpaired) electrons. The second-order valence-electron chi connectivity index (χ2n) is 4.13. The molecule has 15 heavy (non-hydrogen) atoms. The topological polar surface area (TPSA) is 35.5 Å². The van der Waals surface area contributed by atoms with Crippen LogP contribution in [0, 0.1) is 5.92 Å². The highest BCUT2D eigenvalue weighted by atomic mass is 35.5. The maximum atomic E-state index is 11.2. The lowest BCUT2D eigenvalue weighted by Gasteiger charge is -2.27. The van der Waals surface area contributed by atoms with Crippen molar-refractivity contribution in [3.63, 3.8) is 0 Å². The summed E-state index contributed by atoms with van der Waals surface area (Å²) in [4.78, 5) is 11.2. The average molecular weight is 235 g/mol. The summed E-state index contributed by atoms with van der Waals surface area (Å²) in [5.41, 5.74) is -0.629. The molecule has 4 heteroatoms. The molecule has 1 aliphatic carbocycles. The number of hydrogen-bond acceptors (Lipinski definition) is 3. The van der Waals surface area contributed by atoms with Gasteiger partial charge in [0, 0.05) is 0 Å². The molecule has 1 saturated carbocycles. The van der Waals surface area contributed by atoms with E-state index in [0.29, 0.717) is 5.92 Å². The lowest BCUT2D eigenvalue weighted by atomic mass is 9.86. The third kappa shape index (κ3) is 4.74. The molecule has 1 fully saturated rings. The summed E-state index contributed by atoms with van der Waals surface area (Å²) >= 11 is 5.52. The van der Waals surface area contributed by atoms with Crippen LogP contribution in [0.3, 0.4) is 0 Å². The fourth-order valence-corrected chi connectivity index (χ4v) is 2.08. The summed E-state index contributed by atoms with van der Waals surface area (Å²) < 4.78 is 9.87. The van der Waals surface area contributed by atoms with Crippen LogP contribution >= 0.6 is 11.6 Å². The van der Waals surface area contributed by atoms with Crippen molar-refractivity contribution in [3.05, 3.63) is 0 Å². The highest BCUT2D eigenvalue weighted by molar-refractivity contribution is 6.19. The van der Waals surface area contributed by atoms with Crippen molar-refractivity contribution < 1.29 is 14.3 Å². The van der Waals surface area contributed by atoms with E-state index in [1.54, 1.807) is 6.92 Å². The van der Waals surface area contributed by atoms with Gasteiger partial charge in [-0.2, -0.15) is 0 Å². The van der Waals surface area contributed by atoms with Gasteiger partial charge in [-0.25, -0.2) is 4.79 Å². The molecular weight excluding hydrogens is 216 g/mol. The first-order chi connectivity index (χ1) is 7.09. The van der Waals surface area contributed by atoms with Crippen molar-refractivity contribution in [2.45, 2.75) is 57.6 Å². The third-order valence-corrected chi connectivity index (χ3v) is 2.94. The summed E-state index contributed by atoms with van der Waals surface area (Å²) in [6.45, 7) is 3.52. The Morgan fingerprint density at radius 1 is 1.20 bits per heavy atom. The molecule has 0 N–H and O–H groups in total. The van der Waals surface area contributed by atoms with Gasteiger partial charge >= 0.3 is 6.16 Å². The molecule has 88 valence electrons. The Morgan fingerprint density at radius 3 is 2.33 bits per heavy atom. The molecule has 0 heterocycles. The molecule has 0 aromatic carbocycles. The number of ether oxygens (including phenoxy) is 2. The molecule has 0 amide bonds. The Balaban J connectivity index is 2.27. The summed E-state index contributed by atoms with van der Waals surface area (Å²) in [7, 11) is 0. The highest BCUT2D eigenvalue weighted by Gasteiger charge is 2.23. The van der Waals surface area contributed by atoms with Gasteiger partial charge in [-0.05, 0) is 32.6 Å². The van der Waals surface area contributed by atoms with Crippen LogP contribution < -0.4 is 0 Å². The monoisotopic (exact) mass is 234 g/mol. The van der Waals surface area contributed by atoms with E-state index in [4.69, 9.17) is 21.1 Å². The van der Waals surface area contributed by atoms with Crippen LogP contribution in [0.25, 0.3) is 0 Å². The zero-order chi connectivity index (χ0) is 11.3. The van der Waals surface area contributed by atoms with Crippen LogP contribution in [0.1, 0.15) is 46.0 Å². The van der Waals surface area contributed by atoms with E-state index in [1.807, 2.05) is 6.92 Å². The van der Waals surface area contributed by atoms with Gasteiger partial charge < -0.3 is 9.47 Å². The van der Waals surface area contributed by atoms with Gasteiger partial charge in [-0.3, -0.25) is 0 Å². The minimum Gasteiger partial charge on any atom is -0.431 e. The molecule has 3 nitrogen and oxygen atoms in total. The van der Waals surface area contributed by atoms with Gasteiger partial charge in [0.05, 0.1) is 0 Å². The van der Waals surface area contributed by atoms with E-state index in [-0.39, 0.29) is 6.10 Å². The molecule has 2 atom stereocenters. The Bertz CT molecular complexity index is 200. The maximum absolute atomic E-state index is 11.2. The molecule has 0 spiro atoms. The zero-order valence-electron chi connectivity index (χ0n) is 9.37. The maximum Gasteiger partial charge on any atom is 0.510 e. The molecule has 0 saturated heterocycles. The van der Waals surface area contributed by atoms with Crippen LogP contribution in [0.4, 0.5) is 4.79 Å². The van der Waals surface area contributed by atoms with Crippen molar-refractivity contribution in [1.82, 2.24) is 0 Å². The van der Waals surface area contributed by atoms with Crippen LogP contribution in [0.5, 0.6) is 0 Å². The summed E-state index contributed by atoms with van der Waals surface area (Å²) in [6.07, 6.45) is 5.34. The van der Waals surface area contributed by atoms with Crippen molar-refractivity contribution in [3.8, 4) is 0 Å². The average Bonchev–Trinajstić information content (AvgIpc) is 2.17. The van der Waals surface area contributed by atoms with E-state index in [1.165, 1.54) is 19.3 Å². The van der Waals surface area contributed by atoms with Crippen LogP contribution in [-0.4, -0.2) is 17.8 Å². The van der Waals surface area contributed by atoms with Gasteiger partial charge in [0.2, 0.25) is 0 Å². The molecule has 2 unspecified atom stereocenters. The smallest absolute Gasteiger partial charge is 0.431 e.